The number of rotatable bonds is 5. The minimum atomic E-state index is 0.402. The van der Waals surface area contributed by atoms with Crippen LogP contribution in [0.15, 0.2) is 28.9 Å². The lowest BCUT2D eigenvalue weighted by molar-refractivity contribution is 0.298. The van der Waals surface area contributed by atoms with Crippen molar-refractivity contribution < 1.29 is 9.47 Å². The lowest BCUT2D eigenvalue weighted by Crippen LogP contribution is -2.01. The smallest absolute Gasteiger partial charge is 0.134 e. The van der Waals surface area contributed by atoms with Gasteiger partial charge in [0.2, 0.25) is 0 Å². The minimum absolute atomic E-state index is 0.402. The van der Waals surface area contributed by atoms with Gasteiger partial charge in [0.05, 0.1) is 24.3 Å². The largest absolute Gasteiger partial charge is 0.496 e. The molecule has 18 heavy (non-hydrogen) atoms. The molecular weight excluding hydrogens is 298 g/mol. The molecular formula is C12H14BrN3O2. The molecule has 6 heteroatoms. The van der Waals surface area contributed by atoms with Crippen LogP contribution in [-0.4, -0.2) is 22.1 Å². The number of hydrogen-bond acceptors (Lipinski definition) is 4. The van der Waals surface area contributed by atoms with Crippen molar-refractivity contribution in [1.82, 2.24) is 15.0 Å². The lowest BCUT2D eigenvalue weighted by Gasteiger charge is -2.07. The van der Waals surface area contributed by atoms with Gasteiger partial charge >= 0.3 is 0 Å². The Morgan fingerprint density at radius 1 is 1.39 bits per heavy atom. The first kappa shape index (κ1) is 12.9. The van der Waals surface area contributed by atoms with E-state index in [4.69, 9.17) is 9.47 Å². The van der Waals surface area contributed by atoms with Crippen LogP contribution in [0.5, 0.6) is 11.5 Å². The highest BCUT2D eigenvalue weighted by atomic mass is 79.9. The van der Waals surface area contributed by atoms with Gasteiger partial charge in [-0.05, 0) is 41.1 Å². The highest BCUT2D eigenvalue weighted by Gasteiger charge is 2.04. The SMILES string of the molecule is CCn1ncc(COc2ccc(OC)c(Br)c2)n1. The molecule has 0 N–H and O–H groups in total. The molecule has 0 bridgehead atoms. The molecule has 0 aliphatic carbocycles. The summed E-state index contributed by atoms with van der Waals surface area (Å²) in [5.74, 6) is 1.54. The van der Waals surface area contributed by atoms with Gasteiger partial charge in [-0.1, -0.05) is 0 Å². The second-order valence-electron chi connectivity index (χ2n) is 3.61. The van der Waals surface area contributed by atoms with Gasteiger partial charge in [-0.3, -0.25) is 0 Å². The second-order valence-corrected chi connectivity index (χ2v) is 4.46. The van der Waals surface area contributed by atoms with Gasteiger partial charge in [0, 0.05) is 0 Å². The molecule has 0 saturated heterocycles. The number of ether oxygens (including phenoxy) is 2. The van der Waals surface area contributed by atoms with Gasteiger partial charge in [-0.15, -0.1) is 0 Å². The highest BCUT2D eigenvalue weighted by molar-refractivity contribution is 9.10. The summed E-state index contributed by atoms with van der Waals surface area (Å²) in [6, 6.07) is 5.57. The van der Waals surface area contributed by atoms with E-state index in [1.807, 2.05) is 25.1 Å². The summed E-state index contributed by atoms with van der Waals surface area (Å²) in [7, 11) is 1.63. The lowest BCUT2D eigenvalue weighted by atomic mass is 10.3. The zero-order chi connectivity index (χ0) is 13.0. The Balaban J connectivity index is 1.99. The van der Waals surface area contributed by atoms with Crippen molar-refractivity contribution in [2.45, 2.75) is 20.1 Å². The summed E-state index contributed by atoms with van der Waals surface area (Å²) < 4.78 is 11.6. The zero-order valence-electron chi connectivity index (χ0n) is 10.3. The molecule has 5 nitrogen and oxygen atoms in total. The first-order chi connectivity index (χ1) is 8.72. The maximum atomic E-state index is 5.63. The predicted octanol–water partition coefficient (Wildman–Crippen LogP) is 2.65. The Morgan fingerprint density at radius 2 is 2.22 bits per heavy atom. The van der Waals surface area contributed by atoms with Gasteiger partial charge in [-0.25, -0.2) is 0 Å². The van der Waals surface area contributed by atoms with Crippen molar-refractivity contribution >= 4 is 15.9 Å². The molecule has 96 valence electrons. The summed E-state index contributed by atoms with van der Waals surface area (Å²) in [5, 5.41) is 8.33. The number of benzene rings is 1. The number of aryl methyl sites for hydroxylation is 1. The van der Waals surface area contributed by atoms with Crippen LogP contribution in [0, 0.1) is 0 Å². The van der Waals surface area contributed by atoms with E-state index < -0.39 is 0 Å². The molecule has 1 heterocycles. The molecule has 0 spiro atoms. The number of hydrogen-bond donors (Lipinski definition) is 0. The monoisotopic (exact) mass is 311 g/mol. The Morgan fingerprint density at radius 3 is 2.83 bits per heavy atom. The normalized spacial score (nSPS) is 10.4. The number of halogens is 1. The van der Waals surface area contributed by atoms with Crippen LogP contribution in [0.1, 0.15) is 12.6 Å². The van der Waals surface area contributed by atoms with Crippen molar-refractivity contribution in [2.75, 3.05) is 7.11 Å². The summed E-state index contributed by atoms with van der Waals surface area (Å²) >= 11 is 3.41. The Labute approximate surface area is 114 Å². The predicted molar refractivity (Wildman–Crippen MR) is 70.7 cm³/mol. The van der Waals surface area contributed by atoms with E-state index in [1.165, 1.54) is 0 Å². The molecule has 0 aliphatic rings. The molecule has 1 aromatic heterocycles. The van der Waals surface area contributed by atoms with Crippen LogP contribution in [0.4, 0.5) is 0 Å². The molecule has 0 saturated carbocycles. The van der Waals surface area contributed by atoms with Crippen molar-refractivity contribution in [2.24, 2.45) is 0 Å². The molecule has 2 rings (SSSR count). The average molecular weight is 312 g/mol. The second kappa shape index (κ2) is 5.86. The topological polar surface area (TPSA) is 49.2 Å². The summed E-state index contributed by atoms with van der Waals surface area (Å²) in [6.07, 6.45) is 1.71. The molecule has 0 fully saturated rings. The van der Waals surface area contributed by atoms with Gasteiger partial charge in [0.1, 0.15) is 23.8 Å². The third kappa shape index (κ3) is 3.01. The number of nitrogens with zero attached hydrogens (tertiary/aromatic N) is 3. The van der Waals surface area contributed by atoms with Crippen LogP contribution in [-0.2, 0) is 13.2 Å². The van der Waals surface area contributed by atoms with Crippen LogP contribution in [0.2, 0.25) is 0 Å². The summed E-state index contributed by atoms with van der Waals surface area (Å²) in [5.41, 5.74) is 0.809. The van der Waals surface area contributed by atoms with Crippen LogP contribution in [0.3, 0.4) is 0 Å². The quantitative estimate of drug-likeness (QED) is 0.851. The van der Waals surface area contributed by atoms with E-state index in [2.05, 4.69) is 26.1 Å². The third-order valence-corrected chi connectivity index (χ3v) is 3.00. The highest BCUT2D eigenvalue weighted by Crippen LogP contribution is 2.29. The van der Waals surface area contributed by atoms with Crippen LogP contribution >= 0.6 is 15.9 Å². The van der Waals surface area contributed by atoms with Crippen molar-refractivity contribution in [3.63, 3.8) is 0 Å². The molecule has 1 aromatic carbocycles. The van der Waals surface area contributed by atoms with Gasteiger partial charge in [-0.2, -0.15) is 15.0 Å². The van der Waals surface area contributed by atoms with E-state index in [0.717, 1.165) is 28.2 Å². The van der Waals surface area contributed by atoms with Crippen molar-refractivity contribution in [1.29, 1.82) is 0 Å². The fourth-order valence-electron chi connectivity index (χ4n) is 1.45. The maximum Gasteiger partial charge on any atom is 0.134 e. The van der Waals surface area contributed by atoms with Gasteiger partial charge in [0.25, 0.3) is 0 Å². The zero-order valence-corrected chi connectivity index (χ0v) is 11.8. The minimum Gasteiger partial charge on any atom is -0.496 e. The van der Waals surface area contributed by atoms with Crippen LogP contribution in [0.25, 0.3) is 0 Å². The Hall–Kier alpha value is -1.56. The van der Waals surface area contributed by atoms with E-state index in [9.17, 15) is 0 Å². The molecule has 0 unspecified atom stereocenters. The average Bonchev–Trinajstić information content (AvgIpc) is 2.84. The molecule has 0 amide bonds. The van der Waals surface area contributed by atoms with Gasteiger partial charge < -0.3 is 9.47 Å². The Kier molecular flexibility index (Phi) is 4.19. The fraction of sp³-hybridized carbons (Fsp3) is 0.333. The van der Waals surface area contributed by atoms with Crippen LogP contribution < -0.4 is 9.47 Å². The molecule has 0 atom stereocenters. The molecule has 0 radical (unpaired) electrons. The standard InChI is InChI=1S/C12H14BrN3O2/c1-3-16-14-7-9(15-16)8-18-10-4-5-12(17-2)11(13)6-10/h4-7H,3,8H2,1-2H3. The first-order valence-electron chi connectivity index (χ1n) is 5.58. The summed E-state index contributed by atoms with van der Waals surface area (Å²) in [6.45, 7) is 3.15. The Bertz CT molecular complexity index is 528. The van der Waals surface area contributed by atoms with E-state index in [0.29, 0.717) is 6.61 Å². The maximum absolute atomic E-state index is 5.63. The van der Waals surface area contributed by atoms with Crippen molar-refractivity contribution in [3.05, 3.63) is 34.6 Å². The first-order valence-corrected chi connectivity index (χ1v) is 6.37. The number of methoxy groups -OCH3 is 1. The molecule has 2 aromatic rings. The van der Waals surface area contributed by atoms with Gasteiger partial charge in [0.15, 0.2) is 0 Å². The third-order valence-electron chi connectivity index (χ3n) is 2.38. The molecule has 0 aliphatic heterocycles. The number of aromatic nitrogens is 3. The van der Waals surface area contributed by atoms with Crippen molar-refractivity contribution in [3.8, 4) is 11.5 Å². The fourth-order valence-corrected chi connectivity index (χ4v) is 1.97. The van der Waals surface area contributed by atoms with E-state index >= 15 is 0 Å². The van der Waals surface area contributed by atoms with E-state index in [1.54, 1.807) is 18.1 Å². The summed E-state index contributed by atoms with van der Waals surface area (Å²) in [4.78, 5) is 1.63. The van der Waals surface area contributed by atoms with E-state index in [-0.39, 0.29) is 0 Å².